The molecule has 0 bridgehead atoms. The van der Waals surface area contributed by atoms with Crippen molar-refractivity contribution in [2.45, 2.75) is 47.0 Å². The number of thiocarbonyl (C=S) groups is 1. The zero-order valence-corrected chi connectivity index (χ0v) is 19.4. The summed E-state index contributed by atoms with van der Waals surface area (Å²) in [5, 5.41) is 9.51. The lowest BCUT2D eigenvalue weighted by Gasteiger charge is -2.27. The van der Waals surface area contributed by atoms with Gasteiger partial charge in [0.05, 0.1) is 4.91 Å². The minimum atomic E-state index is -0.323. The van der Waals surface area contributed by atoms with Crippen molar-refractivity contribution in [3.05, 3.63) is 31.9 Å². The second kappa shape index (κ2) is 10.1. The van der Waals surface area contributed by atoms with E-state index in [4.69, 9.17) is 12.2 Å². The van der Waals surface area contributed by atoms with Gasteiger partial charge < -0.3 is 4.90 Å². The number of carbonyl (C=O) groups excluding carboxylic acids is 1. The van der Waals surface area contributed by atoms with Crippen molar-refractivity contribution in [3.8, 4) is 6.07 Å². The largest absolute Gasteiger partial charge is 0.358 e. The number of thioether (sulfide) groups is 1. The van der Waals surface area contributed by atoms with E-state index in [-0.39, 0.29) is 17.0 Å². The van der Waals surface area contributed by atoms with Crippen LogP contribution in [-0.2, 0) is 11.8 Å². The van der Waals surface area contributed by atoms with E-state index in [0.29, 0.717) is 40.2 Å². The summed E-state index contributed by atoms with van der Waals surface area (Å²) < 4.78 is 2.07. The van der Waals surface area contributed by atoms with Gasteiger partial charge in [0.2, 0.25) is 0 Å². The molecular weight excluding hydrogens is 404 g/mol. The fraction of sp³-hybridized carbons (Fsp3) is 0.524. The van der Waals surface area contributed by atoms with Crippen LogP contribution in [0.4, 0.5) is 5.82 Å². The third kappa shape index (κ3) is 4.57. The molecule has 29 heavy (non-hydrogen) atoms. The van der Waals surface area contributed by atoms with Crippen LogP contribution in [0.15, 0.2) is 9.70 Å². The van der Waals surface area contributed by atoms with Crippen LogP contribution in [0, 0.1) is 18.3 Å². The smallest absolute Gasteiger partial charge is 0.270 e. The molecule has 1 fully saturated rings. The number of carbonyl (C=O) groups is 1. The predicted molar refractivity (Wildman–Crippen MR) is 124 cm³/mol. The Balaban J connectivity index is 2.61. The number of rotatable bonds is 8. The van der Waals surface area contributed by atoms with Crippen LogP contribution in [-0.4, -0.2) is 39.3 Å². The molecule has 0 atom stereocenters. The van der Waals surface area contributed by atoms with Gasteiger partial charge in [-0.25, -0.2) is 0 Å². The van der Waals surface area contributed by atoms with Crippen molar-refractivity contribution in [1.29, 1.82) is 5.26 Å². The van der Waals surface area contributed by atoms with Crippen LogP contribution in [0.3, 0.4) is 0 Å². The summed E-state index contributed by atoms with van der Waals surface area (Å²) in [4.78, 5) is 29.9. The molecule has 0 radical (unpaired) electrons. The molecule has 1 aliphatic rings. The SMILES string of the molecule is CCCCCN1C(=O)C(=Cc2c(C)c(C#N)c(=O)n(C)c2N(CC)CC)SC1=S. The number of anilines is 1. The average Bonchev–Trinajstić information content (AvgIpc) is 2.97. The minimum Gasteiger partial charge on any atom is -0.358 e. The third-order valence-corrected chi connectivity index (χ3v) is 6.54. The average molecular weight is 433 g/mol. The van der Waals surface area contributed by atoms with E-state index in [1.54, 1.807) is 24.9 Å². The molecule has 6 nitrogen and oxygen atoms in total. The highest BCUT2D eigenvalue weighted by atomic mass is 32.2. The van der Waals surface area contributed by atoms with Gasteiger partial charge in [-0.3, -0.25) is 19.1 Å². The highest BCUT2D eigenvalue weighted by molar-refractivity contribution is 8.26. The van der Waals surface area contributed by atoms with Crippen LogP contribution >= 0.6 is 24.0 Å². The maximum absolute atomic E-state index is 13.0. The third-order valence-electron chi connectivity index (χ3n) is 5.17. The molecule has 0 aliphatic carbocycles. The van der Waals surface area contributed by atoms with Crippen molar-refractivity contribution in [2.75, 3.05) is 24.5 Å². The van der Waals surface area contributed by atoms with Gasteiger partial charge in [-0.1, -0.05) is 43.7 Å². The Morgan fingerprint density at radius 3 is 2.41 bits per heavy atom. The Hall–Kier alpha value is -2.11. The van der Waals surface area contributed by atoms with Crippen LogP contribution in [0.25, 0.3) is 6.08 Å². The predicted octanol–water partition coefficient (Wildman–Crippen LogP) is 3.80. The molecule has 1 aliphatic heterocycles. The summed E-state index contributed by atoms with van der Waals surface area (Å²) >= 11 is 6.71. The molecule has 8 heteroatoms. The Morgan fingerprint density at radius 2 is 1.86 bits per heavy atom. The highest BCUT2D eigenvalue weighted by Gasteiger charge is 2.32. The van der Waals surface area contributed by atoms with E-state index in [0.717, 1.165) is 24.8 Å². The van der Waals surface area contributed by atoms with E-state index in [1.807, 2.05) is 19.9 Å². The Morgan fingerprint density at radius 1 is 1.21 bits per heavy atom. The van der Waals surface area contributed by atoms with Gasteiger partial charge in [-0.05, 0) is 38.8 Å². The van der Waals surface area contributed by atoms with Gasteiger partial charge in [0.15, 0.2) is 0 Å². The lowest BCUT2D eigenvalue weighted by Crippen LogP contribution is -2.33. The maximum atomic E-state index is 13.0. The van der Waals surface area contributed by atoms with E-state index >= 15 is 0 Å². The molecule has 0 aromatic carbocycles. The van der Waals surface area contributed by atoms with Gasteiger partial charge in [0, 0.05) is 32.2 Å². The fourth-order valence-electron chi connectivity index (χ4n) is 3.46. The van der Waals surface area contributed by atoms with Crippen molar-refractivity contribution < 1.29 is 4.79 Å². The quantitative estimate of drug-likeness (QED) is 0.354. The first-order valence-corrected chi connectivity index (χ1v) is 11.2. The summed E-state index contributed by atoms with van der Waals surface area (Å²) in [7, 11) is 1.67. The highest BCUT2D eigenvalue weighted by Crippen LogP contribution is 2.35. The molecule has 0 unspecified atom stereocenters. The van der Waals surface area contributed by atoms with Crippen LogP contribution in [0.2, 0.25) is 0 Å². The summed E-state index contributed by atoms with van der Waals surface area (Å²) in [6.45, 7) is 9.93. The van der Waals surface area contributed by atoms with Gasteiger partial charge in [0.25, 0.3) is 11.5 Å². The minimum absolute atomic E-state index is 0.103. The molecule has 0 N–H and O–H groups in total. The maximum Gasteiger partial charge on any atom is 0.270 e. The topological polar surface area (TPSA) is 69.3 Å². The molecule has 1 saturated heterocycles. The molecule has 0 spiro atoms. The molecule has 156 valence electrons. The molecule has 1 amide bonds. The monoisotopic (exact) mass is 432 g/mol. The van der Waals surface area contributed by atoms with E-state index in [9.17, 15) is 14.9 Å². The fourth-order valence-corrected chi connectivity index (χ4v) is 4.75. The number of pyridine rings is 1. The molecule has 1 aromatic heterocycles. The van der Waals surface area contributed by atoms with Gasteiger partial charge in [-0.15, -0.1) is 0 Å². The van der Waals surface area contributed by atoms with Crippen LogP contribution < -0.4 is 10.5 Å². The first-order valence-electron chi connectivity index (χ1n) is 9.96. The van der Waals surface area contributed by atoms with Crippen molar-refractivity contribution >= 4 is 46.1 Å². The first kappa shape index (κ1) is 23.2. The molecule has 2 rings (SSSR count). The number of unbranched alkanes of at least 4 members (excludes halogenated alkanes) is 2. The van der Waals surface area contributed by atoms with E-state index < -0.39 is 0 Å². The van der Waals surface area contributed by atoms with Gasteiger partial charge in [-0.2, -0.15) is 5.26 Å². The number of nitrogens with zero attached hydrogens (tertiary/aromatic N) is 4. The first-order chi connectivity index (χ1) is 13.8. The number of nitriles is 1. The van der Waals surface area contributed by atoms with Crippen molar-refractivity contribution in [2.24, 2.45) is 7.05 Å². The number of hydrogen-bond acceptors (Lipinski definition) is 6. The second-order valence-electron chi connectivity index (χ2n) is 6.93. The van der Waals surface area contributed by atoms with E-state index in [2.05, 4.69) is 11.8 Å². The number of aromatic nitrogens is 1. The zero-order valence-electron chi connectivity index (χ0n) is 17.7. The summed E-state index contributed by atoms with van der Waals surface area (Å²) in [6.07, 6.45) is 4.83. The Bertz CT molecular complexity index is 939. The zero-order chi connectivity index (χ0) is 21.7. The lowest BCUT2D eigenvalue weighted by atomic mass is 10.0. The second-order valence-corrected chi connectivity index (χ2v) is 8.60. The van der Waals surface area contributed by atoms with Gasteiger partial charge >= 0.3 is 0 Å². The standard InChI is InChI=1S/C21H28N4O2S2/c1-6-9-10-11-25-20(27)17(29-21(25)28)12-15-14(4)16(13-22)19(26)23(5)18(15)24(7-2)8-3/h12H,6-11H2,1-5H3. The van der Waals surface area contributed by atoms with Crippen molar-refractivity contribution in [1.82, 2.24) is 9.47 Å². The Kier molecular flexibility index (Phi) is 8.05. The summed E-state index contributed by atoms with van der Waals surface area (Å²) in [6, 6.07) is 2.03. The van der Waals surface area contributed by atoms with Crippen molar-refractivity contribution in [3.63, 3.8) is 0 Å². The lowest BCUT2D eigenvalue weighted by molar-refractivity contribution is -0.122. The number of amides is 1. The normalized spacial score (nSPS) is 15.3. The molecule has 0 saturated carbocycles. The summed E-state index contributed by atoms with van der Waals surface area (Å²) in [5.74, 6) is 0.612. The van der Waals surface area contributed by atoms with Gasteiger partial charge in [0.1, 0.15) is 21.8 Å². The Labute approximate surface area is 182 Å². The van der Waals surface area contributed by atoms with E-state index in [1.165, 1.54) is 16.3 Å². The van der Waals surface area contributed by atoms with Crippen LogP contribution in [0.5, 0.6) is 0 Å². The molecular formula is C21H28N4O2S2. The number of hydrogen-bond donors (Lipinski definition) is 0. The molecule has 1 aromatic rings. The molecule has 2 heterocycles. The summed E-state index contributed by atoms with van der Waals surface area (Å²) in [5.41, 5.74) is 1.10. The van der Waals surface area contributed by atoms with Crippen LogP contribution in [0.1, 0.15) is 56.7 Å².